The molecule has 92 valence electrons. The molecular formula is C12H14BrClN2O. The zero-order valence-corrected chi connectivity index (χ0v) is 11.6. The third kappa shape index (κ3) is 4.21. The number of benzene rings is 1. The fraction of sp³-hybridized carbons (Fsp3) is 0.417. The molecule has 0 heterocycles. The Bertz CT molecular complexity index is 421. The highest BCUT2D eigenvalue weighted by molar-refractivity contribution is 9.10. The van der Waals surface area contributed by atoms with Crippen molar-refractivity contribution in [3.8, 4) is 0 Å². The van der Waals surface area contributed by atoms with Crippen molar-refractivity contribution in [3.05, 3.63) is 27.7 Å². The second-order valence-corrected chi connectivity index (χ2v) is 5.43. The number of carbonyl (C=O) groups excluding carboxylic acids is 1. The van der Waals surface area contributed by atoms with Gasteiger partial charge < -0.3 is 10.6 Å². The van der Waals surface area contributed by atoms with Crippen molar-refractivity contribution in [3.63, 3.8) is 0 Å². The van der Waals surface area contributed by atoms with E-state index in [9.17, 15) is 4.79 Å². The van der Waals surface area contributed by atoms with Gasteiger partial charge in [0, 0.05) is 34.2 Å². The molecule has 0 spiro atoms. The summed E-state index contributed by atoms with van der Waals surface area (Å²) in [7, 11) is 0. The van der Waals surface area contributed by atoms with E-state index in [0.717, 1.165) is 23.0 Å². The molecule has 1 amide bonds. The Hall–Kier alpha value is -0.740. The van der Waals surface area contributed by atoms with Crippen molar-refractivity contribution < 1.29 is 4.79 Å². The smallest absolute Gasteiger partial charge is 0.221 e. The first-order valence-electron chi connectivity index (χ1n) is 5.63. The summed E-state index contributed by atoms with van der Waals surface area (Å²) in [5, 5.41) is 6.84. The normalized spacial score (nSPS) is 14.5. The van der Waals surface area contributed by atoms with Crippen LogP contribution < -0.4 is 10.6 Å². The molecule has 1 aromatic carbocycles. The SMILES string of the molecule is O=C(CCNc1ccc(Cl)cc1Br)NC1CC1. The number of anilines is 1. The van der Waals surface area contributed by atoms with Gasteiger partial charge in [-0.05, 0) is 47.0 Å². The fourth-order valence-corrected chi connectivity index (χ4v) is 2.29. The van der Waals surface area contributed by atoms with Crippen LogP contribution in [0.2, 0.25) is 5.02 Å². The van der Waals surface area contributed by atoms with E-state index >= 15 is 0 Å². The van der Waals surface area contributed by atoms with Crippen molar-refractivity contribution >= 4 is 39.1 Å². The van der Waals surface area contributed by atoms with Crippen LogP contribution in [-0.4, -0.2) is 18.5 Å². The van der Waals surface area contributed by atoms with Crippen LogP contribution in [-0.2, 0) is 4.79 Å². The molecular weight excluding hydrogens is 304 g/mol. The van der Waals surface area contributed by atoms with E-state index in [-0.39, 0.29) is 5.91 Å². The number of carbonyl (C=O) groups is 1. The molecule has 3 nitrogen and oxygen atoms in total. The van der Waals surface area contributed by atoms with E-state index in [4.69, 9.17) is 11.6 Å². The zero-order chi connectivity index (χ0) is 12.3. The van der Waals surface area contributed by atoms with E-state index in [1.54, 1.807) is 0 Å². The molecule has 0 aromatic heterocycles. The second-order valence-electron chi connectivity index (χ2n) is 4.14. The maximum absolute atomic E-state index is 11.4. The van der Waals surface area contributed by atoms with E-state index < -0.39 is 0 Å². The summed E-state index contributed by atoms with van der Waals surface area (Å²) >= 11 is 9.26. The van der Waals surface area contributed by atoms with Gasteiger partial charge in [-0.25, -0.2) is 0 Å². The molecule has 17 heavy (non-hydrogen) atoms. The minimum absolute atomic E-state index is 0.116. The van der Waals surface area contributed by atoms with Crippen LogP contribution >= 0.6 is 27.5 Å². The van der Waals surface area contributed by atoms with Crippen LogP contribution in [0.1, 0.15) is 19.3 Å². The summed E-state index contributed by atoms with van der Waals surface area (Å²) in [6, 6.07) is 5.97. The Balaban J connectivity index is 1.75. The lowest BCUT2D eigenvalue weighted by Gasteiger charge is -2.08. The summed E-state index contributed by atoms with van der Waals surface area (Å²) < 4.78 is 0.910. The Labute approximate surface area is 114 Å². The van der Waals surface area contributed by atoms with Crippen LogP contribution in [0.25, 0.3) is 0 Å². The molecule has 0 bridgehead atoms. The molecule has 1 saturated carbocycles. The molecule has 0 saturated heterocycles. The summed E-state index contributed by atoms with van der Waals surface area (Å²) in [5.74, 6) is 0.116. The van der Waals surface area contributed by atoms with Crippen LogP contribution in [0, 0.1) is 0 Å². The number of hydrogen-bond acceptors (Lipinski definition) is 2. The van der Waals surface area contributed by atoms with Gasteiger partial charge in [0.2, 0.25) is 5.91 Å². The quantitative estimate of drug-likeness (QED) is 0.876. The summed E-state index contributed by atoms with van der Waals surface area (Å²) in [5.41, 5.74) is 0.952. The molecule has 2 N–H and O–H groups in total. The molecule has 5 heteroatoms. The summed E-state index contributed by atoms with van der Waals surface area (Å²) in [4.78, 5) is 11.4. The van der Waals surface area contributed by atoms with Gasteiger partial charge in [0.25, 0.3) is 0 Å². The number of nitrogens with one attached hydrogen (secondary N) is 2. The molecule has 2 rings (SSSR count). The predicted molar refractivity (Wildman–Crippen MR) is 73.4 cm³/mol. The first kappa shape index (κ1) is 12.7. The van der Waals surface area contributed by atoms with Gasteiger partial charge in [-0.1, -0.05) is 11.6 Å². The third-order valence-corrected chi connectivity index (χ3v) is 3.43. The first-order chi connectivity index (χ1) is 8.15. The van der Waals surface area contributed by atoms with Crippen molar-refractivity contribution in [1.82, 2.24) is 5.32 Å². The molecule has 1 aromatic rings. The number of amides is 1. The minimum Gasteiger partial charge on any atom is -0.384 e. The largest absolute Gasteiger partial charge is 0.384 e. The van der Waals surface area contributed by atoms with Crippen molar-refractivity contribution in [2.24, 2.45) is 0 Å². The molecule has 0 atom stereocenters. The van der Waals surface area contributed by atoms with E-state index in [2.05, 4.69) is 26.6 Å². The highest BCUT2D eigenvalue weighted by atomic mass is 79.9. The minimum atomic E-state index is 0.116. The van der Waals surface area contributed by atoms with Crippen LogP contribution in [0.3, 0.4) is 0 Å². The maximum atomic E-state index is 11.4. The highest BCUT2D eigenvalue weighted by Crippen LogP contribution is 2.25. The Kier molecular flexibility index (Phi) is 4.29. The van der Waals surface area contributed by atoms with Gasteiger partial charge in [-0.3, -0.25) is 4.79 Å². The van der Waals surface area contributed by atoms with Crippen LogP contribution in [0.4, 0.5) is 5.69 Å². The summed E-state index contributed by atoms with van der Waals surface area (Å²) in [6.07, 6.45) is 2.75. The molecule has 0 radical (unpaired) electrons. The Morgan fingerprint density at radius 2 is 2.24 bits per heavy atom. The van der Waals surface area contributed by atoms with Gasteiger partial charge in [0.05, 0.1) is 0 Å². The van der Waals surface area contributed by atoms with Crippen molar-refractivity contribution in [2.45, 2.75) is 25.3 Å². The lowest BCUT2D eigenvalue weighted by molar-refractivity contribution is -0.120. The van der Waals surface area contributed by atoms with Crippen molar-refractivity contribution in [2.75, 3.05) is 11.9 Å². The summed E-state index contributed by atoms with van der Waals surface area (Å²) in [6.45, 7) is 0.624. The Morgan fingerprint density at radius 3 is 2.88 bits per heavy atom. The van der Waals surface area contributed by atoms with Gasteiger partial charge in [0.1, 0.15) is 0 Å². The zero-order valence-electron chi connectivity index (χ0n) is 9.30. The average molecular weight is 318 g/mol. The lowest BCUT2D eigenvalue weighted by atomic mass is 10.3. The van der Waals surface area contributed by atoms with Gasteiger partial charge in [0.15, 0.2) is 0 Å². The molecule has 1 fully saturated rings. The lowest BCUT2D eigenvalue weighted by Crippen LogP contribution is -2.27. The van der Waals surface area contributed by atoms with E-state index in [0.29, 0.717) is 24.0 Å². The third-order valence-electron chi connectivity index (χ3n) is 2.54. The number of halogens is 2. The Morgan fingerprint density at radius 1 is 1.47 bits per heavy atom. The van der Waals surface area contributed by atoms with E-state index in [1.165, 1.54) is 0 Å². The highest BCUT2D eigenvalue weighted by Gasteiger charge is 2.22. The monoisotopic (exact) mass is 316 g/mol. The van der Waals surface area contributed by atoms with Crippen molar-refractivity contribution in [1.29, 1.82) is 0 Å². The topological polar surface area (TPSA) is 41.1 Å². The molecule has 0 aliphatic heterocycles. The molecule has 1 aliphatic rings. The number of rotatable bonds is 5. The first-order valence-corrected chi connectivity index (χ1v) is 6.80. The van der Waals surface area contributed by atoms with E-state index in [1.807, 2.05) is 18.2 Å². The molecule has 0 unspecified atom stereocenters. The number of hydrogen-bond donors (Lipinski definition) is 2. The predicted octanol–water partition coefficient (Wildman–Crippen LogP) is 3.18. The second kappa shape index (κ2) is 5.74. The average Bonchev–Trinajstić information content (AvgIpc) is 3.05. The standard InChI is InChI=1S/C12H14BrClN2O/c13-10-7-8(14)1-4-11(10)15-6-5-12(17)16-9-2-3-9/h1,4,7,9,15H,2-3,5-6H2,(H,16,17). The van der Waals surface area contributed by atoms with Gasteiger partial charge in [-0.2, -0.15) is 0 Å². The maximum Gasteiger partial charge on any atom is 0.221 e. The molecule has 1 aliphatic carbocycles. The van der Waals surface area contributed by atoms with Gasteiger partial charge in [-0.15, -0.1) is 0 Å². The van der Waals surface area contributed by atoms with Crippen LogP contribution in [0.15, 0.2) is 22.7 Å². The van der Waals surface area contributed by atoms with Crippen LogP contribution in [0.5, 0.6) is 0 Å². The fourth-order valence-electron chi connectivity index (χ4n) is 1.47. The van der Waals surface area contributed by atoms with Gasteiger partial charge >= 0.3 is 0 Å².